The van der Waals surface area contributed by atoms with E-state index in [-0.39, 0.29) is 63.2 Å². The van der Waals surface area contributed by atoms with Gasteiger partial charge >= 0.3 is 0 Å². The number of carbonyl (C=O) groups is 7. The third kappa shape index (κ3) is 9.51. The summed E-state index contributed by atoms with van der Waals surface area (Å²) in [5.74, 6) is -3.34. The fraction of sp³-hybridized carbons (Fsp3) is 0.549. The molecule has 17 nitrogen and oxygen atoms in total. The van der Waals surface area contributed by atoms with Crippen LogP contribution in [0.4, 0.5) is 0 Å². The lowest BCUT2D eigenvalue weighted by Crippen LogP contribution is -2.65. The van der Waals surface area contributed by atoms with Gasteiger partial charge in [0.05, 0.1) is 6.04 Å². The van der Waals surface area contributed by atoms with Crippen molar-refractivity contribution in [3.8, 4) is 0 Å². The van der Waals surface area contributed by atoms with E-state index in [0.29, 0.717) is 57.8 Å². The van der Waals surface area contributed by atoms with Gasteiger partial charge in [0.25, 0.3) is 0 Å². The highest BCUT2D eigenvalue weighted by Gasteiger charge is 2.52. The van der Waals surface area contributed by atoms with Crippen molar-refractivity contribution in [2.45, 2.75) is 151 Å². The SMILES string of the molecule is NCC[C@H](N)C(=O)NCC[C@@H]1NC(=O)[C@H](Cc2c[nH]c3ccccc23)NC(=O)C2(CCCC2)NC(=O)[C@H](CC2=CCc3ccccc32)NC(=O)[C@@H]2C[C@@H]3CCCC[C@@H]3N2C(=O)[C@H]2CCCN2C1=O. The van der Waals surface area contributed by atoms with Crippen molar-refractivity contribution in [1.82, 2.24) is 41.4 Å². The summed E-state index contributed by atoms with van der Waals surface area (Å²) < 4.78 is 0. The summed E-state index contributed by atoms with van der Waals surface area (Å²) in [6, 6.07) is 9.17. The molecule has 3 aliphatic carbocycles. The van der Waals surface area contributed by atoms with Crippen LogP contribution in [0.25, 0.3) is 16.5 Å². The number of carbonyl (C=O) groups excluding carboxylic acids is 7. The first-order valence-corrected chi connectivity index (χ1v) is 24.9. The van der Waals surface area contributed by atoms with E-state index in [0.717, 1.165) is 52.4 Å². The minimum atomic E-state index is -1.42. The Hall–Kier alpha value is -6.07. The molecule has 0 radical (unpaired) electrons. The third-order valence-corrected chi connectivity index (χ3v) is 15.6. The number of rotatable bonds is 10. The van der Waals surface area contributed by atoms with Gasteiger partial charge in [-0.3, -0.25) is 33.6 Å². The maximum atomic E-state index is 15.2. The highest BCUT2D eigenvalue weighted by atomic mass is 16.2. The standard InChI is InChI=1S/C51H66N10O7/c52-23-19-36(53)44(62)54-24-20-38-48(66)60-25-9-16-42(60)49(67)61-41-15-6-2-11-32(41)28-43(61)47(65)57-40(26-31-18-17-30-10-1-3-12-34(30)31)46(64)59-51(21-7-8-22-51)50(68)58-39(45(63)56-38)27-33-29-55-37-14-5-4-13-35(33)37/h1,3-5,10,12-14,18,29,32,36,38-43,55H,2,6-9,11,15-17,19-28,52-53H2,(H,54,62)(H,56,63)(H,57,65)(H,58,68)(H,59,64)/t32-,36-,38-,39-,40-,41-,42+,43-/m0/s1. The Kier molecular flexibility index (Phi) is 14.0. The molecule has 4 heterocycles. The zero-order valence-electron chi connectivity index (χ0n) is 38.7. The molecule has 0 unspecified atom stereocenters. The summed E-state index contributed by atoms with van der Waals surface area (Å²) in [6.45, 7) is 0.418. The molecule has 3 aliphatic heterocycles. The summed E-state index contributed by atoms with van der Waals surface area (Å²) in [7, 11) is 0. The number of allylic oxidation sites excluding steroid dienone is 1. The molecule has 1 aromatic heterocycles. The van der Waals surface area contributed by atoms with Crippen LogP contribution in [0.5, 0.6) is 0 Å². The molecule has 3 saturated heterocycles. The van der Waals surface area contributed by atoms with Gasteiger partial charge in [-0.1, -0.05) is 74.2 Å². The van der Waals surface area contributed by atoms with Crippen molar-refractivity contribution in [2.24, 2.45) is 17.4 Å². The number of amides is 7. The van der Waals surface area contributed by atoms with Crippen LogP contribution in [0.3, 0.4) is 0 Å². The van der Waals surface area contributed by atoms with E-state index in [1.807, 2.05) is 48.5 Å². The van der Waals surface area contributed by atoms with E-state index < -0.39 is 77.2 Å². The number of aromatic nitrogens is 1. The summed E-state index contributed by atoms with van der Waals surface area (Å²) in [4.78, 5) is 110. The molecule has 6 aliphatic rings. The lowest BCUT2D eigenvalue weighted by atomic mass is 9.84. The molecule has 362 valence electrons. The van der Waals surface area contributed by atoms with Crippen molar-refractivity contribution in [1.29, 1.82) is 0 Å². The molecule has 17 heteroatoms. The monoisotopic (exact) mass is 931 g/mol. The zero-order chi connectivity index (χ0) is 47.5. The fourth-order valence-corrected chi connectivity index (χ4v) is 12.0. The lowest BCUT2D eigenvalue weighted by molar-refractivity contribution is -0.150. The largest absolute Gasteiger partial charge is 0.361 e. The number of hydrogen-bond donors (Lipinski definition) is 8. The van der Waals surface area contributed by atoms with Crippen LogP contribution in [0.1, 0.15) is 107 Å². The van der Waals surface area contributed by atoms with Gasteiger partial charge in [0.1, 0.15) is 35.7 Å². The third-order valence-electron chi connectivity index (χ3n) is 15.6. The summed E-state index contributed by atoms with van der Waals surface area (Å²) in [6.07, 6.45) is 11.6. The average molecular weight is 931 g/mol. The Bertz CT molecular complexity index is 2460. The minimum absolute atomic E-state index is 0.0311. The van der Waals surface area contributed by atoms with Crippen molar-refractivity contribution in [3.05, 3.63) is 77.5 Å². The second-order valence-corrected chi connectivity index (χ2v) is 19.8. The minimum Gasteiger partial charge on any atom is -0.361 e. The molecule has 0 bridgehead atoms. The van der Waals surface area contributed by atoms with Crippen LogP contribution >= 0.6 is 0 Å². The van der Waals surface area contributed by atoms with E-state index in [9.17, 15) is 24.0 Å². The quantitative estimate of drug-likeness (QED) is 0.148. The van der Waals surface area contributed by atoms with Gasteiger partial charge in [-0.25, -0.2) is 0 Å². The van der Waals surface area contributed by atoms with Crippen molar-refractivity contribution in [3.63, 3.8) is 0 Å². The number of benzene rings is 2. The van der Waals surface area contributed by atoms with Gasteiger partial charge in [-0.2, -0.15) is 0 Å². The maximum Gasteiger partial charge on any atom is 0.246 e. The van der Waals surface area contributed by atoms with Gasteiger partial charge < -0.3 is 52.8 Å². The number of aromatic amines is 1. The molecule has 8 atom stereocenters. The van der Waals surface area contributed by atoms with Crippen LogP contribution in [0, 0.1) is 5.92 Å². The van der Waals surface area contributed by atoms with Crippen molar-refractivity contribution in [2.75, 3.05) is 19.6 Å². The maximum absolute atomic E-state index is 15.2. The molecule has 10 N–H and O–H groups in total. The Balaban J connectivity index is 1.10. The van der Waals surface area contributed by atoms with Gasteiger partial charge in [-0.05, 0) is 105 Å². The molecule has 68 heavy (non-hydrogen) atoms. The Labute approximate surface area is 396 Å². The van der Waals surface area contributed by atoms with E-state index in [4.69, 9.17) is 11.5 Å². The highest BCUT2D eigenvalue weighted by molar-refractivity contribution is 6.01. The first kappa shape index (κ1) is 47.0. The molecule has 1 spiro atoms. The molecular formula is C51H66N10O7. The van der Waals surface area contributed by atoms with E-state index in [1.54, 1.807) is 11.1 Å². The number of fused-ring (bicyclic) bond motifs is 6. The number of para-hydroxylation sites is 1. The predicted octanol–water partition coefficient (Wildman–Crippen LogP) is 1.97. The Morgan fingerprint density at radius 3 is 2.37 bits per heavy atom. The molecule has 3 aromatic rings. The zero-order valence-corrected chi connectivity index (χ0v) is 38.7. The topological polar surface area (TPSA) is 254 Å². The lowest BCUT2D eigenvalue weighted by Gasteiger charge is -2.38. The Morgan fingerprint density at radius 1 is 0.794 bits per heavy atom. The molecule has 9 rings (SSSR count). The first-order chi connectivity index (χ1) is 32.9. The summed E-state index contributed by atoms with van der Waals surface area (Å²) in [5, 5.41) is 15.9. The van der Waals surface area contributed by atoms with Crippen molar-refractivity contribution >= 4 is 57.8 Å². The van der Waals surface area contributed by atoms with E-state index >= 15 is 9.59 Å². The van der Waals surface area contributed by atoms with Crippen LogP contribution in [0.2, 0.25) is 0 Å². The molecule has 7 amide bonds. The van der Waals surface area contributed by atoms with E-state index in [2.05, 4.69) is 37.6 Å². The predicted molar refractivity (Wildman–Crippen MR) is 255 cm³/mol. The fourth-order valence-electron chi connectivity index (χ4n) is 12.0. The number of nitrogens with two attached hydrogens (primary N) is 2. The number of nitrogens with one attached hydrogen (secondary N) is 6. The van der Waals surface area contributed by atoms with Gasteiger partial charge in [-0.15, -0.1) is 0 Å². The number of nitrogens with zero attached hydrogens (tertiary/aromatic N) is 2. The Morgan fingerprint density at radius 2 is 1.54 bits per heavy atom. The van der Waals surface area contributed by atoms with E-state index in [1.165, 1.54) is 4.90 Å². The summed E-state index contributed by atoms with van der Waals surface area (Å²) >= 11 is 0. The molecule has 2 saturated carbocycles. The van der Waals surface area contributed by atoms with Crippen molar-refractivity contribution < 1.29 is 33.6 Å². The van der Waals surface area contributed by atoms with Gasteiger partial charge in [0, 0.05) is 49.1 Å². The number of H-pyrrole nitrogens is 1. The van der Waals surface area contributed by atoms with Crippen LogP contribution in [-0.4, -0.2) is 124 Å². The second kappa shape index (κ2) is 20.3. The normalized spacial score (nSPS) is 28.1. The van der Waals surface area contributed by atoms with Crippen LogP contribution < -0.4 is 38.1 Å². The van der Waals surface area contributed by atoms with Gasteiger partial charge in [0.2, 0.25) is 41.4 Å². The second-order valence-electron chi connectivity index (χ2n) is 19.8. The smallest absolute Gasteiger partial charge is 0.246 e. The highest BCUT2D eigenvalue weighted by Crippen LogP contribution is 2.42. The molecule has 2 aromatic carbocycles. The number of hydrogen-bond acceptors (Lipinski definition) is 9. The van der Waals surface area contributed by atoms with Crippen LogP contribution in [-0.2, 0) is 46.4 Å². The van der Waals surface area contributed by atoms with Crippen LogP contribution in [0.15, 0.2) is 60.8 Å². The average Bonchev–Trinajstić information content (AvgIpc) is 4.21. The van der Waals surface area contributed by atoms with Gasteiger partial charge in [0.15, 0.2) is 0 Å². The summed E-state index contributed by atoms with van der Waals surface area (Å²) in [5.41, 5.74) is 14.9. The molecular weight excluding hydrogens is 865 g/mol. The molecule has 5 fully saturated rings. The first-order valence-electron chi connectivity index (χ1n) is 24.9.